The second-order valence-corrected chi connectivity index (χ2v) is 11.8. The van der Waals surface area contributed by atoms with Crippen molar-refractivity contribution in [3.05, 3.63) is 24.0 Å². The van der Waals surface area contributed by atoms with E-state index in [9.17, 15) is 13.2 Å². The van der Waals surface area contributed by atoms with Crippen molar-refractivity contribution in [3.8, 4) is 0 Å². The van der Waals surface area contributed by atoms with Crippen molar-refractivity contribution in [2.75, 3.05) is 40.3 Å². The molecule has 0 unspecified atom stereocenters. The van der Waals surface area contributed by atoms with E-state index in [0.717, 1.165) is 43.9 Å². The van der Waals surface area contributed by atoms with E-state index in [1.54, 1.807) is 12.1 Å². The number of nitrogens with zero attached hydrogens (tertiary/aromatic N) is 5. The molecule has 0 saturated carbocycles. The molecule has 0 N–H and O–H groups in total. The number of carbonyl (C=O) groups is 1. The number of amides is 1. The topological polar surface area (TPSA) is 78.8 Å². The van der Waals surface area contributed by atoms with Gasteiger partial charge in [0.05, 0.1) is 15.9 Å². The molecule has 9 heteroatoms. The minimum absolute atomic E-state index is 0.115. The first-order valence-electron chi connectivity index (χ1n) is 11.4. The number of imidazole rings is 1. The summed E-state index contributed by atoms with van der Waals surface area (Å²) in [5, 5.41) is 0. The van der Waals surface area contributed by atoms with Gasteiger partial charge in [-0.05, 0) is 52.3 Å². The quantitative estimate of drug-likeness (QED) is 0.658. The van der Waals surface area contributed by atoms with Gasteiger partial charge in [-0.15, -0.1) is 0 Å². The Morgan fingerprint density at radius 1 is 1.12 bits per heavy atom. The molecule has 0 radical (unpaired) electrons. The number of benzene rings is 1. The summed E-state index contributed by atoms with van der Waals surface area (Å²) in [6, 6.07) is 5.06. The minimum Gasteiger partial charge on any atom is -0.341 e. The van der Waals surface area contributed by atoms with Crippen LogP contribution < -0.4 is 0 Å². The van der Waals surface area contributed by atoms with Gasteiger partial charge in [0.2, 0.25) is 15.9 Å². The molecular formula is C23H37N5O3S. The lowest BCUT2D eigenvalue weighted by Gasteiger charge is -2.34. The lowest BCUT2D eigenvalue weighted by molar-refractivity contribution is -0.131. The van der Waals surface area contributed by atoms with Gasteiger partial charge in [-0.2, -0.15) is 0 Å². The van der Waals surface area contributed by atoms with Crippen LogP contribution in [0.4, 0.5) is 0 Å². The highest BCUT2D eigenvalue weighted by Crippen LogP contribution is 2.23. The van der Waals surface area contributed by atoms with Crippen LogP contribution in [0.15, 0.2) is 23.1 Å². The van der Waals surface area contributed by atoms with Crippen LogP contribution in [-0.4, -0.2) is 83.8 Å². The number of rotatable bonds is 6. The third kappa shape index (κ3) is 5.15. The molecule has 1 amide bonds. The lowest BCUT2D eigenvalue weighted by atomic mass is 10.1. The molecule has 0 bridgehead atoms. The van der Waals surface area contributed by atoms with Gasteiger partial charge in [0, 0.05) is 65.2 Å². The average Bonchev–Trinajstić information content (AvgIpc) is 2.88. The first-order valence-corrected chi connectivity index (χ1v) is 12.8. The summed E-state index contributed by atoms with van der Waals surface area (Å²) in [7, 11) is -0.481. The highest BCUT2D eigenvalue weighted by molar-refractivity contribution is 7.89. The predicted octanol–water partition coefficient (Wildman–Crippen LogP) is 2.57. The number of fused-ring (bicyclic) bond motifs is 1. The number of hydrogen-bond donors (Lipinski definition) is 0. The molecular weight excluding hydrogens is 426 g/mol. The van der Waals surface area contributed by atoms with Crippen LogP contribution in [0.2, 0.25) is 0 Å². The Kier molecular flexibility index (Phi) is 7.31. The monoisotopic (exact) mass is 463 g/mol. The fourth-order valence-corrected chi connectivity index (χ4v) is 5.21. The maximum Gasteiger partial charge on any atom is 0.242 e. The molecule has 2 aromatic rings. The molecule has 1 saturated heterocycles. The van der Waals surface area contributed by atoms with Crippen molar-refractivity contribution in [1.82, 2.24) is 23.7 Å². The summed E-state index contributed by atoms with van der Waals surface area (Å²) in [6.07, 6.45) is 1.93. The third-order valence-electron chi connectivity index (χ3n) is 6.25. The summed E-state index contributed by atoms with van der Waals surface area (Å²) in [4.78, 5) is 22.3. The van der Waals surface area contributed by atoms with Gasteiger partial charge >= 0.3 is 0 Å². The van der Waals surface area contributed by atoms with E-state index >= 15 is 0 Å². The molecule has 32 heavy (non-hydrogen) atoms. The van der Waals surface area contributed by atoms with Crippen molar-refractivity contribution >= 4 is 27.0 Å². The molecule has 0 atom stereocenters. The SMILES string of the molecule is CCn1c(CCC(=O)N2CCCN(C(C)(C)C)CC2)nc2cc(S(=O)(=O)N(C)C)ccc21. The molecule has 1 aliphatic heterocycles. The Hall–Kier alpha value is -1.97. The summed E-state index contributed by atoms with van der Waals surface area (Å²) < 4.78 is 28.2. The molecule has 8 nitrogen and oxygen atoms in total. The van der Waals surface area contributed by atoms with E-state index in [1.807, 2.05) is 17.9 Å². The van der Waals surface area contributed by atoms with E-state index < -0.39 is 10.0 Å². The van der Waals surface area contributed by atoms with Crippen molar-refractivity contribution in [2.45, 2.75) is 63.9 Å². The molecule has 0 spiro atoms. The highest BCUT2D eigenvalue weighted by atomic mass is 32.2. The second kappa shape index (κ2) is 9.49. The summed E-state index contributed by atoms with van der Waals surface area (Å²) in [6.45, 7) is 12.9. The molecule has 3 rings (SSSR count). The minimum atomic E-state index is -3.52. The van der Waals surface area contributed by atoms with Crippen LogP contribution in [-0.2, 0) is 27.8 Å². The third-order valence-corrected chi connectivity index (χ3v) is 8.06. The Labute approximate surface area is 192 Å². The molecule has 1 aromatic carbocycles. The van der Waals surface area contributed by atoms with Gasteiger partial charge < -0.3 is 9.47 Å². The Morgan fingerprint density at radius 2 is 1.84 bits per heavy atom. The lowest BCUT2D eigenvalue weighted by Crippen LogP contribution is -2.44. The van der Waals surface area contributed by atoms with Gasteiger partial charge in [-0.1, -0.05) is 0 Å². The van der Waals surface area contributed by atoms with Crippen molar-refractivity contribution in [2.24, 2.45) is 0 Å². The van der Waals surface area contributed by atoms with Crippen LogP contribution in [0, 0.1) is 0 Å². The van der Waals surface area contributed by atoms with Crippen LogP contribution >= 0.6 is 0 Å². The second-order valence-electron chi connectivity index (χ2n) is 9.60. The number of carbonyl (C=O) groups excluding carboxylic acids is 1. The Morgan fingerprint density at radius 3 is 2.47 bits per heavy atom. The zero-order valence-electron chi connectivity index (χ0n) is 20.3. The van der Waals surface area contributed by atoms with Crippen LogP contribution in [0.1, 0.15) is 46.4 Å². The highest BCUT2D eigenvalue weighted by Gasteiger charge is 2.26. The average molecular weight is 464 g/mol. The van der Waals surface area contributed by atoms with E-state index in [0.29, 0.717) is 24.9 Å². The number of hydrogen-bond acceptors (Lipinski definition) is 5. The predicted molar refractivity (Wildman–Crippen MR) is 127 cm³/mol. The maximum atomic E-state index is 12.9. The molecule has 0 aliphatic carbocycles. The van der Waals surface area contributed by atoms with E-state index in [1.165, 1.54) is 18.4 Å². The van der Waals surface area contributed by atoms with Crippen LogP contribution in [0.5, 0.6) is 0 Å². The van der Waals surface area contributed by atoms with Crippen LogP contribution in [0.3, 0.4) is 0 Å². The van der Waals surface area contributed by atoms with Crippen LogP contribution in [0.25, 0.3) is 11.0 Å². The summed E-state index contributed by atoms with van der Waals surface area (Å²) in [5.74, 6) is 0.979. The molecule has 2 heterocycles. The fourth-order valence-electron chi connectivity index (χ4n) is 4.29. The number of sulfonamides is 1. The molecule has 178 valence electrons. The zero-order chi connectivity index (χ0) is 23.7. The summed E-state index contributed by atoms with van der Waals surface area (Å²) in [5.41, 5.74) is 1.65. The smallest absolute Gasteiger partial charge is 0.242 e. The first-order chi connectivity index (χ1) is 14.9. The van der Waals surface area contributed by atoms with Gasteiger partial charge in [0.15, 0.2) is 0 Å². The molecule has 1 aromatic heterocycles. The van der Waals surface area contributed by atoms with E-state index in [4.69, 9.17) is 4.98 Å². The summed E-state index contributed by atoms with van der Waals surface area (Å²) >= 11 is 0. The van der Waals surface area contributed by atoms with E-state index in [-0.39, 0.29) is 16.3 Å². The molecule has 1 aliphatic rings. The normalized spacial score (nSPS) is 16.7. The Balaban J connectivity index is 1.74. The standard InChI is InChI=1S/C23H37N5O3S/c1-7-28-20-10-9-18(32(30,31)25(5)6)17-19(20)24-21(28)11-12-22(29)26-13-8-14-27(16-15-26)23(2,3)4/h9-10,17H,7-8,11-16H2,1-6H3. The molecule has 1 fully saturated rings. The first kappa shape index (κ1) is 24.7. The zero-order valence-corrected chi connectivity index (χ0v) is 21.1. The fraction of sp³-hybridized carbons (Fsp3) is 0.652. The van der Waals surface area contributed by atoms with Gasteiger partial charge in [-0.25, -0.2) is 17.7 Å². The van der Waals surface area contributed by atoms with Gasteiger partial charge in [0.1, 0.15) is 5.82 Å². The Bertz CT molecular complexity index is 1070. The maximum absolute atomic E-state index is 12.9. The largest absolute Gasteiger partial charge is 0.341 e. The van der Waals surface area contributed by atoms with Gasteiger partial charge in [0.25, 0.3) is 0 Å². The van der Waals surface area contributed by atoms with Gasteiger partial charge in [-0.3, -0.25) is 9.69 Å². The number of aromatic nitrogens is 2. The number of aryl methyl sites for hydroxylation is 2. The van der Waals surface area contributed by atoms with Crippen molar-refractivity contribution in [1.29, 1.82) is 0 Å². The van der Waals surface area contributed by atoms with Crippen molar-refractivity contribution in [3.63, 3.8) is 0 Å². The van der Waals surface area contributed by atoms with E-state index in [2.05, 4.69) is 30.2 Å². The van der Waals surface area contributed by atoms with Crippen molar-refractivity contribution < 1.29 is 13.2 Å².